The lowest BCUT2D eigenvalue weighted by molar-refractivity contribution is 0.0823. The van der Waals surface area contributed by atoms with Crippen LogP contribution in [0.3, 0.4) is 0 Å². The molecule has 0 atom stereocenters. The van der Waals surface area contributed by atoms with Crippen LogP contribution in [0.5, 0.6) is 0 Å². The minimum Gasteiger partial charge on any atom is -0.366 e. The van der Waals surface area contributed by atoms with Crippen LogP contribution in [0.2, 0.25) is 5.02 Å². The predicted octanol–water partition coefficient (Wildman–Crippen LogP) is 4.79. The fourth-order valence-electron chi connectivity index (χ4n) is 2.68. The fourth-order valence-corrected chi connectivity index (χ4v) is 3.95. The molecule has 0 saturated heterocycles. The van der Waals surface area contributed by atoms with E-state index in [4.69, 9.17) is 11.6 Å². The number of rotatable bonds is 4. The number of benzene rings is 1. The highest BCUT2D eigenvalue weighted by atomic mass is 35.5. The Morgan fingerprint density at radius 2 is 1.96 bits per heavy atom. The number of carbonyl (C=O) groups is 1. The summed E-state index contributed by atoms with van der Waals surface area (Å²) in [4.78, 5) is 18.1. The predicted molar refractivity (Wildman–Crippen MR) is 110 cm³/mol. The molecule has 1 amide bonds. The van der Waals surface area contributed by atoms with Crippen LogP contribution in [-0.4, -0.2) is 40.1 Å². The first kappa shape index (κ1) is 17.5. The summed E-state index contributed by atoms with van der Waals surface area (Å²) in [7, 11) is 3.41. The molecule has 0 spiro atoms. The van der Waals surface area contributed by atoms with Gasteiger partial charge in [0.2, 0.25) is 0 Å². The lowest BCUT2D eigenvalue weighted by atomic mass is 10.1. The average molecular weight is 398 g/mol. The quantitative estimate of drug-likeness (QED) is 0.519. The molecule has 6 nitrogen and oxygen atoms in total. The summed E-state index contributed by atoms with van der Waals surface area (Å²) in [5.74, 6) is 0.432. The zero-order valence-electron chi connectivity index (χ0n) is 14.7. The Morgan fingerprint density at radius 1 is 1.19 bits per heavy atom. The number of hydrogen-bond donors (Lipinski definition) is 2. The molecule has 27 heavy (non-hydrogen) atoms. The highest BCUT2D eigenvalue weighted by Gasteiger charge is 2.20. The van der Waals surface area contributed by atoms with Crippen molar-refractivity contribution >= 4 is 50.4 Å². The van der Waals surface area contributed by atoms with E-state index >= 15 is 0 Å². The zero-order valence-corrected chi connectivity index (χ0v) is 16.2. The van der Waals surface area contributed by atoms with Crippen molar-refractivity contribution in [3.63, 3.8) is 0 Å². The first-order valence-electron chi connectivity index (χ1n) is 8.20. The van der Waals surface area contributed by atoms with Crippen molar-refractivity contribution in [2.24, 2.45) is 0 Å². The molecule has 0 fully saturated rings. The van der Waals surface area contributed by atoms with Gasteiger partial charge in [0, 0.05) is 41.8 Å². The second kappa shape index (κ2) is 7.02. The smallest absolute Gasteiger partial charge is 0.275 e. The Balaban J connectivity index is 1.88. The Kier molecular flexibility index (Phi) is 4.55. The van der Waals surface area contributed by atoms with Crippen LogP contribution in [0.4, 0.5) is 11.5 Å². The maximum atomic E-state index is 12.6. The molecule has 0 aliphatic heterocycles. The molecule has 4 rings (SSSR count). The zero-order chi connectivity index (χ0) is 19.0. The SMILES string of the molecule is CN(C)C(=O)c1nnc(Nc2cc[nH]c2)c2cc(-c3ccc(Cl)cc3)sc12. The van der Waals surface area contributed by atoms with Crippen LogP contribution in [0.25, 0.3) is 20.5 Å². The van der Waals surface area contributed by atoms with Gasteiger partial charge in [-0.1, -0.05) is 23.7 Å². The number of aromatic nitrogens is 3. The monoisotopic (exact) mass is 397 g/mol. The summed E-state index contributed by atoms with van der Waals surface area (Å²) in [5.41, 5.74) is 2.24. The van der Waals surface area contributed by atoms with E-state index in [2.05, 4.69) is 20.5 Å². The Hall–Kier alpha value is -2.90. The maximum Gasteiger partial charge on any atom is 0.275 e. The molecule has 0 saturated carbocycles. The molecule has 0 radical (unpaired) electrons. The van der Waals surface area contributed by atoms with E-state index < -0.39 is 0 Å². The van der Waals surface area contributed by atoms with Crippen molar-refractivity contribution in [1.29, 1.82) is 0 Å². The molecule has 2 N–H and O–H groups in total. The summed E-state index contributed by atoms with van der Waals surface area (Å²) in [6, 6.07) is 11.5. The summed E-state index contributed by atoms with van der Waals surface area (Å²) >= 11 is 7.52. The van der Waals surface area contributed by atoms with Gasteiger partial charge in [0.25, 0.3) is 5.91 Å². The third kappa shape index (κ3) is 3.39. The van der Waals surface area contributed by atoms with Gasteiger partial charge >= 0.3 is 0 Å². The van der Waals surface area contributed by atoms with Gasteiger partial charge in [0.15, 0.2) is 11.5 Å². The second-order valence-corrected chi connectivity index (χ2v) is 7.67. The molecule has 3 aromatic heterocycles. The minimum atomic E-state index is -0.176. The maximum absolute atomic E-state index is 12.6. The van der Waals surface area contributed by atoms with Crippen molar-refractivity contribution < 1.29 is 4.79 Å². The number of carbonyl (C=O) groups excluding carboxylic acids is 1. The van der Waals surface area contributed by atoms with E-state index in [9.17, 15) is 4.79 Å². The molecule has 0 bridgehead atoms. The van der Waals surface area contributed by atoms with E-state index in [-0.39, 0.29) is 5.91 Å². The van der Waals surface area contributed by atoms with Crippen molar-refractivity contribution in [3.05, 3.63) is 59.5 Å². The highest BCUT2D eigenvalue weighted by molar-refractivity contribution is 7.22. The number of anilines is 2. The van der Waals surface area contributed by atoms with Gasteiger partial charge in [0.05, 0.1) is 10.4 Å². The lowest BCUT2D eigenvalue weighted by Gasteiger charge is -2.11. The third-order valence-corrected chi connectivity index (χ3v) is 5.49. The molecule has 3 heterocycles. The number of aromatic amines is 1. The van der Waals surface area contributed by atoms with E-state index in [0.717, 1.165) is 26.2 Å². The second-order valence-electron chi connectivity index (χ2n) is 6.18. The van der Waals surface area contributed by atoms with Crippen LogP contribution in [0.1, 0.15) is 10.5 Å². The molecule has 0 unspecified atom stereocenters. The van der Waals surface area contributed by atoms with Crippen molar-refractivity contribution in [2.75, 3.05) is 19.4 Å². The molecular formula is C19H16ClN5OS. The Morgan fingerprint density at radius 3 is 2.63 bits per heavy atom. The van der Waals surface area contributed by atoms with Gasteiger partial charge in [-0.15, -0.1) is 21.5 Å². The number of nitrogens with one attached hydrogen (secondary N) is 2. The largest absolute Gasteiger partial charge is 0.366 e. The number of halogens is 1. The van der Waals surface area contributed by atoms with Crippen molar-refractivity contribution in [2.45, 2.75) is 0 Å². The van der Waals surface area contributed by atoms with Crippen LogP contribution in [0.15, 0.2) is 48.8 Å². The van der Waals surface area contributed by atoms with Gasteiger partial charge in [-0.3, -0.25) is 4.79 Å². The van der Waals surface area contributed by atoms with E-state index in [1.807, 2.05) is 48.8 Å². The van der Waals surface area contributed by atoms with Crippen LogP contribution < -0.4 is 5.32 Å². The minimum absolute atomic E-state index is 0.176. The van der Waals surface area contributed by atoms with Gasteiger partial charge in [0.1, 0.15) is 0 Å². The van der Waals surface area contributed by atoms with E-state index in [1.165, 1.54) is 16.2 Å². The van der Waals surface area contributed by atoms with E-state index in [0.29, 0.717) is 16.5 Å². The summed E-state index contributed by atoms with van der Waals surface area (Å²) in [6.07, 6.45) is 3.66. The summed E-state index contributed by atoms with van der Waals surface area (Å²) in [6.45, 7) is 0. The number of H-pyrrole nitrogens is 1. The lowest BCUT2D eigenvalue weighted by Crippen LogP contribution is -2.23. The highest BCUT2D eigenvalue weighted by Crippen LogP contribution is 2.38. The number of fused-ring (bicyclic) bond motifs is 1. The molecule has 0 aliphatic carbocycles. The standard InChI is InChI=1S/C19H16ClN5OS/c1-25(2)19(26)16-17-14(18(24-23-16)22-13-7-8-21-10-13)9-15(27-17)11-3-5-12(20)6-4-11/h3-10,21H,1-2H3,(H,22,24). The van der Waals surface area contributed by atoms with Crippen molar-refractivity contribution in [1.82, 2.24) is 20.1 Å². The molecule has 136 valence electrons. The third-order valence-electron chi connectivity index (χ3n) is 4.05. The van der Waals surface area contributed by atoms with Crippen LogP contribution in [0, 0.1) is 0 Å². The molecule has 8 heteroatoms. The van der Waals surface area contributed by atoms with E-state index in [1.54, 1.807) is 14.1 Å². The number of hydrogen-bond acceptors (Lipinski definition) is 5. The average Bonchev–Trinajstić information content (AvgIpc) is 3.32. The van der Waals surface area contributed by atoms with Gasteiger partial charge < -0.3 is 15.2 Å². The summed E-state index contributed by atoms with van der Waals surface area (Å²) in [5, 5.41) is 13.3. The topological polar surface area (TPSA) is 73.9 Å². The van der Waals surface area contributed by atoms with Crippen LogP contribution >= 0.6 is 22.9 Å². The van der Waals surface area contributed by atoms with Gasteiger partial charge in [-0.25, -0.2) is 0 Å². The number of thiophene rings is 1. The normalized spacial score (nSPS) is 10.9. The number of amides is 1. The fraction of sp³-hybridized carbons (Fsp3) is 0.105. The molecule has 1 aromatic carbocycles. The number of nitrogens with zero attached hydrogens (tertiary/aromatic N) is 3. The molecular weight excluding hydrogens is 382 g/mol. The molecule has 4 aromatic rings. The Bertz CT molecular complexity index is 1100. The first-order chi connectivity index (χ1) is 13.0. The first-order valence-corrected chi connectivity index (χ1v) is 9.40. The Labute approximate surface area is 164 Å². The van der Waals surface area contributed by atoms with Gasteiger partial charge in [-0.05, 0) is 29.8 Å². The van der Waals surface area contributed by atoms with Crippen molar-refractivity contribution in [3.8, 4) is 10.4 Å². The van der Waals surface area contributed by atoms with Gasteiger partial charge in [-0.2, -0.15) is 0 Å². The molecule has 0 aliphatic rings. The summed E-state index contributed by atoms with van der Waals surface area (Å²) < 4.78 is 0.798. The van der Waals surface area contributed by atoms with Crippen LogP contribution in [-0.2, 0) is 0 Å².